The molecule has 0 saturated carbocycles. The molecule has 1 aromatic heterocycles. The lowest BCUT2D eigenvalue weighted by molar-refractivity contribution is 0.0728. The second-order valence-electron chi connectivity index (χ2n) is 9.96. The maximum atomic E-state index is 13.7. The van der Waals surface area contributed by atoms with E-state index in [0.717, 1.165) is 27.6 Å². The number of carbonyl (C=O) groups is 1. The first kappa shape index (κ1) is 24.3. The van der Waals surface area contributed by atoms with E-state index in [1.54, 1.807) is 12.0 Å². The van der Waals surface area contributed by atoms with Crippen LogP contribution < -0.4 is 10.3 Å². The van der Waals surface area contributed by atoms with Crippen molar-refractivity contribution in [2.45, 2.75) is 46.2 Å². The zero-order valence-corrected chi connectivity index (χ0v) is 21.0. The molecule has 4 aromatic rings. The maximum Gasteiger partial charge on any atom is 0.254 e. The summed E-state index contributed by atoms with van der Waals surface area (Å²) < 4.78 is 5.52. The lowest BCUT2D eigenvalue weighted by Crippen LogP contribution is -2.32. The van der Waals surface area contributed by atoms with Gasteiger partial charge in [-0.05, 0) is 53.1 Å². The van der Waals surface area contributed by atoms with Gasteiger partial charge in [-0.25, -0.2) is 0 Å². The fourth-order valence-electron chi connectivity index (χ4n) is 4.29. The Labute approximate surface area is 206 Å². The SMILES string of the molecule is COc1ccccc1CN(Cc1cc2cccc(C)c2[nH]c1=O)C(=O)c1ccc(C(C)(C)C)cc1. The molecule has 0 saturated heterocycles. The summed E-state index contributed by atoms with van der Waals surface area (Å²) in [5.41, 5.74) is 4.80. The van der Waals surface area contributed by atoms with Crippen LogP contribution in [0.4, 0.5) is 0 Å². The number of carbonyl (C=O) groups excluding carboxylic acids is 1. The molecule has 0 radical (unpaired) electrons. The number of aromatic amines is 1. The van der Waals surface area contributed by atoms with Crippen molar-refractivity contribution in [3.05, 3.63) is 111 Å². The van der Waals surface area contributed by atoms with Gasteiger partial charge < -0.3 is 14.6 Å². The first-order chi connectivity index (χ1) is 16.7. The Morgan fingerprint density at radius 1 is 0.914 bits per heavy atom. The van der Waals surface area contributed by atoms with Crippen LogP contribution in [0.5, 0.6) is 5.75 Å². The van der Waals surface area contributed by atoms with Gasteiger partial charge in [0.05, 0.1) is 19.2 Å². The van der Waals surface area contributed by atoms with Gasteiger partial charge in [-0.1, -0.05) is 69.3 Å². The van der Waals surface area contributed by atoms with Gasteiger partial charge in [-0.15, -0.1) is 0 Å². The number of aromatic nitrogens is 1. The number of H-pyrrole nitrogens is 1. The van der Waals surface area contributed by atoms with E-state index >= 15 is 0 Å². The number of benzene rings is 3. The highest BCUT2D eigenvalue weighted by Gasteiger charge is 2.21. The number of nitrogens with zero attached hydrogens (tertiary/aromatic N) is 1. The highest BCUT2D eigenvalue weighted by atomic mass is 16.5. The summed E-state index contributed by atoms with van der Waals surface area (Å²) in [6.07, 6.45) is 0. The highest BCUT2D eigenvalue weighted by Crippen LogP contribution is 2.25. The van der Waals surface area contributed by atoms with Crippen LogP contribution in [0.1, 0.15) is 53.4 Å². The molecule has 0 bridgehead atoms. The summed E-state index contributed by atoms with van der Waals surface area (Å²) in [5, 5.41) is 0.943. The quantitative estimate of drug-likeness (QED) is 0.378. The van der Waals surface area contributed by atoms with Crippen molar-refractivity contribution >= 4 is 16.8 Å². The molecular formula is C30H32N2O3. The number of para-hydroxylation sites is 2. The van der Waals surface area contributed by atoms with E-state index in [2.05, 4.69) is 25.8 Å². The van der Waals surface area contributed by atoms with Gasteiger partial charge in [-0.2, -0.15) is 0 Å². The monoisotopic (exact) mass is 468 g/mol. The third kappa shape index (κ3) is 5.29. The van der Waals surface area contributed by atoms with Crippen molar-refractivity contribution in [3.8, 4) is 5.75 Å². The Kier molecular flexibility index (Phi) is 6.79. The Balaban J connectivity index is 1.73. The molecule has 180 valence electrons. The average molecular weight is 469 g/mol. The third-order valence-electron chi connectivity index (χ3n) is 6.36. The maximum absolute atomic E-state index is 13.7. The van der Waals surface area contributed by atoms with Crippen molar-refractivity contribution in [3.63, 3.8) is 0 Å². The predicted octanol–water partition coefficient (Wildman–Crippen LogP) is 5.99. The number of fused-ring (bicyclic) bond motifs is 1. The van der Waals surface area contributed by atoms with Crippen LogP contribution in [0, 0.1) is 6.92 Å². The van der Waals surface area contributed by atoms with Crippen LogP contribution >= 0.6 is 0 Å². The largest absolute Gasteiger partial charge is 0.496 e. The van der Waals surface area contributed by atoms with Gasteiger partial charge in [0.2, 0.25) is 0 Å². The number of hydrogen-bond donors (Lipinski definition) is 1. The first-order valence-electron chi connectivity index (χ1n) is 11.8. The third-order valence-corrected chi connectivity index (χ3v) is 6.36. The predicted molar refractivity (Wildman–Crippen MR) is 141 cm³/mol. The summed E-state index contributed by atoms with van der Waals surface area (Å²) in [4.78, 5) is 31.4. The number of rotatable bonds is 6. The lowest BCUT2D eigenvalue weighted by atomic mass is 9.86. The smallest absolute Gasteiger partial charge is 0.254 e. The molecule has 4 rings (SSSR count). The number of aryl methyl sites for hydroxylation is 1. The van der Waals surface area contributed by atoms with Crippen LogP contribution in [-0.2, 0) is 18.5 Å². The van der Waals surface area contributed by atoms with Crippen LogP contribution in [0.3, 0.4) is 0 Å². The van der Waals surface area contributed by atoms with Crippen LogP contribution in [-0.4, -0.2) is 22.9 Å². The number of nitrogens with one attached hydrogen (secondary N) is 1. The average Bonchev–Trinajstić information content (AvgIpc) is 2.84. The first-order valence-corrected chi connectivity index (χ1v) is 11.8. The molecule has 0 unspecified atom stereocenters. The second-order valence-corrected chi connectivity index (χ2v) is 9.96. The van der Waals surface area contributed by atoms with Crippen molar-refractivity contribution in [2.24, 2.45) is 0 Å². The van der Waals surface area contributed by atoms with Crippen molar-refractivity contribution in [2.75, 3.05) is 7.11 Å². The fourth-order valence-corrected chi connectivity index (χ4v) is 4.29. The molecule has 0 aliphatic carbocycles. The van der Waals surface area contributed by atoms with Gasteiger partial charge in [0.25, 0.3) is 11.5 Å². The molecule has 0 atom stereocenters. The second kappa shape index (κ2) is 9.79. The molecule has 0 aliphatic rings. The topological polar surface area (TPSA) is 62.4 Å². The Bertz CT molecular complexity index is 1410. The fraction of sp³-hybridized carbons (Fsp3) is 0.267. The number of ether oxygens (including phenoxy) is 1. The van der Waals surface area contributed by atoms with E-state index < -0.39 is 0 Å². The van der Waals surface area contributed by atoms with Gasteiger partial charge in [0, 0.05) is 23.2 Å². The van der Waals surface area contributed by atoms with E-state index in [4.69, 9.17) is 4.74 Å². The van der Waals surface area contributed by atoms with E-state index in [-0.39, 0.29) is 23.4 Å². The molecule has 1 amide bonds. The lowest BCUT2D eigenvalue weighted by Gasteiger charge is -2.25. The van der Waals surface area contributed by atoms with Gasteiger partial charge in [0.15, 0.2) is 0 Å². The van der Waals surface area contributed by atoms with E-state index in [1.807, 2.05) is 79.7 Å². The molecule has 3 aromatic carbocycles. The van der Waals surface area contributed by atoms with Gasteiger partial charge in [-0.3, -0.25) is 9.59 Å². The molecule has 0 aliphatic heterocycles. The number of hydrogen-bond acceptors (Lipinski definition) is 3. The minimum absolute atomic E-state index is 0.00477. The molecule has 1 N–H and O–H groups in total. The van der Waals surface area contributed by atoms with E-state index in [1.165, 1.54) is 0 Å². The van der Waals surface area contributed by atoms with Crippen molar-refractivity contribution in [1.82, 2.24) is 9.88 Å². The summed E-state index contributed by atoms with van der Waals surface area (Å²) >= 11 is 0. The highest BCUT2D eigenvalue weighted by molar-refractivity contribution is 5.94. The van der Waals surface area contributed by atoms with E-state index in [0.29, 0.717) is 23.4 Å². The number of amides is 1. The molecule has 35 heavy (non-hydrogen) atoms. The van der Waals surface area contributed by atoms with Crippen molar-refractivity contribution in [1.29, 1.82) is 0 Å². The zero-order chi connectivity index (χ0) is 25.2. The normalized spacial score (nSPS) is 11.5. The molecule has 5 nitrogen and oxygen atoms in total. The van der Waals surface area contributed by atoms with Gasteiger partial charge >= 0.3 is 0 Å². The summed E-state index contributed by atoms with van der Waals surface area (Å²) in [6, 6.07) is 23.2. The molecule has 0 spiro atoms. The Hall–Kier alpha value is -3.86. The number of pyridine rings is 1. The summed E-state index contributed by atoms with van der Waals surface area (Å²) in [7, 11) is 1.62. The molecular weight excluding hydrogens is 436 g/mol. The number of methoxy groups -OCH3 is 1. The Morgan fingerprint density at radius 3 is 2.29 bits per heavy atom. The van der Waals surface area contributed by atoms with Crippen LogP contribution in [0.15, 0.2) is 77.6 Å². The van der Waals surface area contributed by atoms with Crippen LogP contribution in [0.2, 0.25) is 0 Å². The van der Waals surface area contributed by atoms with E-state index in [9.17, 15) is 9.59 Å². The summed E-state index contributed by atoms with van der Waals surface area (Å²) in [5.74, 6) is 0.566. The summed E-state index contributed by atoms with van der Waals surface area (Å²) in [6.45, 7) is 8.89. The molecule has 5 heteroatoms. The molecule has 0 fully saturated rings. The molecule has 1 heterocycles. The minimum Gasteiger partial charge on any atom is -0.496 e. The standard InChI is InChI=1S/C30H32N2O3/c1-20-9-8-11-22-17-24(28(33)31-27(20)22)19-32(18-23-10-6-7-12-26(23)35-5)29(34)21-13-15-25(16-14-21)30(2,3)4/h6-17H,18-19H2,1-5H3,(H,31,33). The zero-order valence-electron chi connectivity index (χ0n) is 21.0. The minimum atomic E-state index is -0.187. The van der Waals surface area contributed by atoms with Crippen LogP contribution in [0.25, 0.3) is 10.9 Å². The van der Waals surface area contributed by atoms with Crippen molar-refractivity contribution < 1.29 is 9.53 Å². The van der Waals surface area contributed by atoms with Gasteiger partial charge in [0.1, 0.15) is 5.75 Å². The Morgan fingerprint density at radius 2 is 1.60 bits per heavy atom.